The van der Waals surface area contributed by atoms with E-state index in [1.54, 1.807) is 6.07 Å². The van der Waals surface area contributed by atoms with Gasteiger partial charge in [0.05, 0.1) is 11.3 Å². The molecule has 2 aromatic heterocycles. The molecular formula is C18H11F3N4O. The van der Waals surface area contributed by atoms with Crippen molar-refractivity contribution in [3.8, 4) is 34.2 Å². The summed E-state index contributed by atoms with van der Waals surface area (Å²) in [6.45, 7) is 0. The van der Waals surface area contributed by atoms with Gasteiger partial charge in [-0.25, -0.2) is 0 Å². The van der Waals surface area contributed by atoms with Crippen LogP contribution in [0.4, 0.5) is 13.2 Å². The molecule has 8 heteroatoms. The number of hydrogen-bond donors (Lipinski definition) is 1. The van der Waals surface area contributed by atoms with Gasteiger partial charge in [0.1, 0.15) is 5.69 Å². The third kappa shape index (κ3) is 3.08. The molecule has 0 fully saturated rings. The van der Waals surface area contributed by atoms with Gasteiger partial charge in [0.15, 0.2) is 0 Å². The molecule has 0 saturated carbocycles. The maximum absolute atomic E-state index is 12.8. The third-order valence-corrected chi connectivity index (χ3v) is 3.75. The predicted molar refractivity (Wildman–Crippen MR) is 87.8 cm³/mol. The summed E-state index contributed by atoms with van der Waals surface area (Å²) in [7, 11) is 0. The average molecular weight is 356 g/mol. The molecule has 0 aliphatic carbocycles. The van der Waals surface area contributed by atoms with E-state index in [-0.39, 0.29) is 17.3 Å². The highest BCUT2D eigenvalue weighted by Crippen LogP contribution is 2.32. The fourth-order valence-electron chi connectivity index (χ4n) is 2.47. The maximum atomic E-state index is 12.8. The minimum Gasteiger partial charge on any atom is -0.332 e. The van der Waals surface area contributed by atoms with E-state index in [4.69, 9.17) is 4.52 Å². The number of aromatic amines is 1. The summed E-state index contributed by atoms with van der Waals surface area (Å²) < 4.78 is 43.7. The molecule has 0 aliphatic rings. The van der Waals surface area contributed by atoms with Crippen molar-refractivity contribution in [2.24, 2.45) is 0 Å². The second-order valence-electron chi connectivity index (χ2n) is 5.53. The molecule has 5 nitrogen and oxygen atoms in total. The van der Waals surface area contributed by atoms with E-state index in [2.05, 4.69) is 20.3 Å². The van der Waals surface area contributed by atoms with E-state index < -0.39 is 11.7 Å². The molecular weight excluding hydrogens is 345 g/mol. The summed E-state index contributed by atoms with van der Waals surface area (Å²) >= 11 is 0. The van der Waals surface area contributed by atoms with Crippen molar-refractivity contribution in [1.82, 2.24) is 20.3 Å². The molecule has 0 amide bonds. The van der Waals surface area contributed by atoms with Crippen LogP contribution in [0.3, 0.4) is 0 Å². The van der Waals surface area contributed by atoms with Gasteiger partial charge < -0.3 is 4.52 Å². The number of alkyl halides is 3. The highest BCUT2D eigenvalue weighted by atomic mass is 19.4. The molecule has 0 radical (unpaired) electrons. The van der Waals surface area contributed by atoms with Gasteiger partial charge in [-0.15, -0.1) is 0 Å². The lowest BCUT2D eigenvalue weighted by Crippen LogP contribution is -2.04. The minimum absolute atomic E-state index is 0.0713. The summed E-state index contributed by atoms with van der Waals surface area (Å²) in [5, 5.41) is 10.8. The molecule has 2 heterocycles. The molecule has 2 aromatic carbocycles. The first-order chi connectivity index (χ1) is 12.5. The fourth-order valence-corrected chi connectivity index (χ4v) is 2.47. The van der Waals surface area contributed by atoms with Crippen molar-refractivity contribution >= 4 is 0 Å². The second kappa shape index (κ2) is 6.14. The van der Waals surface area contributed by atoms with E-state index in [9.17, 15) is 13.2 Å². The Kier molecular flexibility index (Phi) is 3.80. The van der Waals surface area contributed by atoms with Crippen molar-refractivity contribution < 1.29 is 17.7 Å². The first-order valence-electron chi connectivity index (χ1n) is 7.63. The topological polar surface area (TPSA) is 67.6 Å². The SMILES string of the molecule is FC(F)(F)c1cccc(-c2noc(-c3cc(-c4ccccc4)n[nH]3)n2)c1. The van der Waals surface area contributed by atoms with Crippen LogP contribution in [0.15, 0.2) is 65.2 Å². The van der Waals surface area contributed by atoms with Gasteiger partial charge in [-0.2, -0.15) is 23.3 Å². The molecule has 4 aromatic rings. The average Bonchev–Trinajstić information content (AvgIpc) is 3.31. The van der Waals surface area contributed by atoms with Gasteiger partial charge in [0, 0.05) is 11.1 Å². The Morgan fingerprint density at radius 3 is 2.42 bits per heavy atom. The van der Waals surface area contributed by atoms with E-state index in [1.165, 1.54) is 12.1 Å². The third-order valence-electron chi connectivity index (χ3n) is 3.75. The number of hydrogen-bond acceptors (Lipinski definition) is 4. The van der Waals surface area contributed by atoms with Crippen LogP contribution in [-0.2, 0) is 6.18 Å². The Morgan fingerprint density at radius 2 is 1.65 bits per heavy atom. The summed E-state index contributed by atoms with van der Waals surface area (Å²) in [5.41, 5.74) is 1.54. The molecule has 0 aliphatic heterocycles. The summed E-state index contributed by atoms with van der Waals surface area (Å²) in [4.78, 5) is 4.16. The molecule has 26 heavy (non-hydrogen) atoms. The zero-order chi connectivity index (χ0) is 18.1. The highest BCUT2D eigenvalue weighted by Gasteiger charge is 2.30. The Morgan fingerprint density at radius 1 is 0.885 bits per heavy atom. The second-order valence-corrected chi connectivity index (χ2v) is 5.53. The fraction of sp³-hybridized carbons (Fsp3) is 0.0556. The zero-order valence-electron chi connectivity index (χ0n) is 13.2. The highest BCUT2D eigenvalue weighted by molar-refractivity contribution is 5.65. The number of nitrogens with one attached hydrogen (secondary N) is 1. The predicted octanol–water partition coefficient (Wildman–Crippen LogP) is 4.81. The van der Waals surface area contributed by atoms with Crippen molar-refractivity contribution in [2.75, 3.05) is 0 Å². The monoisotopic (exact) mass is 356 g/mol. The normalized spacial score (nSPS) is 11.7. The van der Waals surface area contributed by atoms with Crippen LogP contribution in [0.1, 0.15) is 5.56 Å². The Balaban J connectivity index is 1.64. The summed E-state index contributed by atoms with van der Waals surface area (Å²) in [6.07, 6.45) is -4.43. The maximum Gasteiger partial charge on any atom is 0.416 e. The number of benzene rings is 2. The summed E-state index contributed by atoms with van der Waals surface area (Å²) in [5.74, 6) is 0.217. The zero-order valence-corrected chi connectivity index (χ0v) is 13.2. The van der Waals surface area contributed by atoms with Gasteiger partial charge in [-0.1, -0.05) is 47.6 Å². The van der Waals surface area contributed by atoms with Crippen LogP contribution in [0.2, 0.25) is 0 Å². The lowest BCUT2D eigenvalue weighted by molar-refractivity contribution is -0.137. The quantitative estimate of drug-likeness (QED) is 0.572. The van der Waals surface area contributed by atoms with Crippen LogP contribution < -0.4 is 0 Å². The first-order valence-corrected chi connectivity index (χ1v) is 7.63. The molecule has 1 N–H and O–H groups in total. The first kappa shape index (κ1) is 16.1. The smallest absolute Gasteiger partial charge is 0.332 e. The van der Waals surface area contributed by atoms with Gasteiger partial charge >= 0.3 is 6.18 Å². The number of nitrogens with zero attached hydrogens (tertiary/aromatic N) is 3. The van der Waals surface area contributed by atoms with E-state index >= 15 is 0 Å². The Labute approximate surface area is 145 Å². The van der Waals surface area contributed by atoms with E-state index in [1.807, 2.05) is 30.3 Å². The number of aromatic nitrogens is 4. The molecule has 130 valence electrons. The minimum atomic E-state index is -4.43. The van der Waals surface area contributed by atoms with Gasteiger partial charge in [-0.05, 0) is 18.2 Å². The van der Waals surface area contributed by atoms with E-state index in [0.29, 0.717) is 11.4 Å². The molecule has 0 saturated heterocycles. The number of H-pyrrole nitrogens is 1. The molecule has 0 atom stereocenters. The van der Waals surface area contributed by atoms with Crippen molar-refractivity contribution in [3.63, 3.8) is 0 Å². The Bertz CT molecular complexity index is 1040. The van der Waals surface area contributed by atoms with Crippen LogP contribution in [0, 0.1) is 0 Å². The lowest BCUT2D eigenvalue weighted by atomic mass is 10.1. The molecule has 0 bridgehead atoms. The van der Waals surface area contributed by atoms with Crippen molar-refractivity contribution in [2.45, 2.75) is 6.18 Å². The van der Waals surface area contributed by atoms with Crippen LogP contribution >= 0.6 is 0 Å². The van der Waals surface area contributed by atoms with Gasteiger partial charge in [-0.3, -0.25) is 5.10 Å². The number of rotatable bonds is 3. The molecule has 0 unspecified atom stereocenters. The van der Waals surface area contributed by atoms with Crippen LogP contribution in [0.25, 0.3) is 34.2 Å². The van der Waals surface area contributed by atoms with Crippen LogP contribution in [-0.4, -0.2) is 20.3 Å². The lowest BCUT2D eigenvalue weighted by Gasteiger charge is -2.06. The number of halogens is 3. The summed E-state index contributed by atoms with van der Waals surface area (Å²) in [6, 6.07) is 16.0. The van der Waals surface area contributed by atoms with Gasteiger partial charge in [0.25, 0.3) is 5.89 Å². The largest absolute Gasteiger partial charge is 0.416 e. The molecule has 0 spiro atoms. The van der Waals surface area contributed by atoms with Gasteiger partial charge in [0.2, 0.25) is 5.82 Å². The standard InChI is InChI=1S/C18H11F3N4O/c19-18(20,21)13-8-4-7-12(9-13)16-22-17(26-25-16)15-10-14(23-24-15)11-5-2-1-3-6-11/h1-10H,(H,23,24). The van der Waals surface area contributed by atoms with Crippen LogP contribution in [0.5, 0.6) is 0 Å². The van der Waals surface area contributed by atoms with Crippen molar-refractivity contribution in [1.29, 1.82) is 0 Å². The van der Waals surface area contributed by atoms with E-state index in [0.717, 1.165) is 17.7 Å². The Hall–Kier alpha value is -3.42. The van der Waals surface area contributed by atoms with Crippen molar-refractivity contribution in [3.05, 3.63) is 66.2 Å². The molecule has 4 rings (SSSR count).